The number of rotatable bonds is 5. The number of fused-ring (bicyclic) bond motifs is 1. The first-order valence-electron chi connectivity index (χ1n) is 8.83. The molecule has 10 heteroatoms. The lowest BCUT2D eigenvalue weighted by Gasteiger charge is -2.35. The minimum atomic E-state index is -4.42. The molecule has 3 N–H and O–H groups in total. The fourth-order valence-corrected chi connectivity index (χ4v) is 3.62. The highest BCUT2D eigenvalue weighted by atomic mass is 32.2. The Kier molecular flexibility index (Phi) is 6.04. The third kappa shape index (κ3) is 5.24. The second kappa shape index (κ2) is 8.50. The number of nitrogens with zero attached hydrogens (tertiary/aromatic N) is 1. The van der Waals surface area contributed by atoms with Crippen LogP contribution in [0.5, 0.6) is 0 Å². The molecule has 9 nitrogen and oxygen atoms in total. The summed E-state index contributed by atoms with van der Waals surface area (Å²) in [7, 11) is -2.93. The van der Waals surface area contributed by atoms with E-state index in [0.717, 1.165) is 11.1 Å². The average Bonchev–Trinajstić information content (AvgIpc) is 2.70. The maximum atomic E-state index is 12.7. The molecule has 1 atom stereocenters. The predicted molar refractivity (Wildman–Crippen MR) is 105 cm³/mol. The highest BCUT2D eigenvalue weighted by Crippen LogP contribution is 2.27. The Hall–Kier alpha value is -3.11. The van der Waals surface area contributed by atoms with Crippen LogP contribution >= 0.6 is 0 Å². The summed E-state index contributed by atoms with van der Waals surface area (Å²) in [5.74, 6) is -0.326. The van der Waals surface area contributed by atoms with Crippen LogP contribution in [0.2, 0.25) is 0 Å². The van der Waals surface area contributed by atoms with Gasteiger partial charge in [0.15, 0.2) is 0 Å². The highest BCUT2D eigenvalue weighted by Gasteiger charge is 2.35. The summed E-state index contributed by atoms with van der Waals surface area (Å²) < 4.78 is 38.4. The van der Waals surface area contributed by atoms with Gasteiger partial charge < -0.3 is 10.1 Å². The molecular weight excluding hydrogens is 398 g/mol. The number of amides is 2. The van der Waals surface area contributed by atoms with E-state index in [9.17, 15) is 18.0 Å². The Morgan fingerprint density at radius 2 is 1.90 bits per heavy atom. The first kappa shape index (κ1) is 20.6. The quantitative estimate of drug-likeness (QED) is 0.634. The van der Waals surface area contributed by atoms with Gasteiger partial charge in [-0.2, -0.15) is 8.42 Å². The molecule has 2 aromatic rings. The van der Waals surface area contributed by atoms with Crippen molar-refractivity contribution < 1.29 is 27.3 Å². The van der Waals surface area contributed by atoms with E-state index in [0.29, 0.717) is 5.56 Å². The average molecular weight is 419 g/mol. The van der Waals surface area contributed by atoms with Gasteiger partial charge in [0.05, 0.1) is 12.2 Å². The van der Waals surface area contributed by atoms with E-state index in [-0.39, 0.29) is 31.2 Å². The Labute approximate surface area is 168 Å². The van der Waals surface area contributed by atoms with Gasteiger partial charge in [-0.3, -0.25) is 19.0 Å². The number of nitrogens with one attached hydrogen (secondary N) is 2. The van der Waals surface area contributed by atoms with E-state index in [2.05, 4.69) is 5.32 Å². The Morgan fingerprint density at radius 3 is 2.55 bits per heavy atom. The maximum absolute atomic E-state index is 12.7. The molecule has 0 aliphatic carbocycles. The maximum Gasteiger partial charge on any atom is 0.411 e. The predicted octanol–water partition coefficient (Wildman–Crippen LogP) is 1.71. The van der Waals surface area contributed by atoms with Crippen molar-refractivity contribution in [3.05, 3.63) is 65.2 Å². The van der Waals surface area contributed by atoms with Crippen LogP contribution in [0.25, 0.3) is 0 Å². The van der Waals surface area contributed by atoms with Crippen molar-refractivity contribution in [2.45, 2.75) is 25.6 Å². The topological polar surface area (TPSA) is 125 Å². The Morgan fingerprint density at radius 1 is 1.17 bits per heavy atom. The third-order valence-corrected chi connectivity index (χ3v) is 5.07. The van der Waals surface area contributed by atoms with E-state index in [1.54, 1.807) is 6.07 Å². The van der Waals surface area contributed by atoms with Gasteiger partial charge in [0.25, 0.3) is 0 Å². The van der Waals surface area contributed by atoms with Gasteiger partial charge in [-0.05, 0) is 28.8 Å². The molecule has 2 amide bonds. The van der Waals surface area contributed by atoms with Crippen molar-refractivity contribution in [3.63, 3.8) is 0 Å². The third-order valence-electron chi connectivity index (χ3n) is 4.57. The summed E-state index contributed by atoms with van der Waals surface area (Å²) in [6.45, 7) is 0.121. The number of hydrogen-bond acceptors (Lipinski definition) is 5. The lowest BCUT2D eigenvalue weighted by molar-refractivity contribution is -0.126. The second-order valence-electron chi connectivity index (χ2n) is 6.56. The van der Waals surface area contributed by atoms with Crippen LogP contribution in [0, 0.1) is 0 Å². The molecule has 0 fully saturated rings. The molecule has 0 aromatic heterocycles. The van der Waals surface area contributed by atoms with Crippen molar-refractivity contribution >= 4 is 28.0 Å². The van der Waals surface area contributed by atoms with Gasteiger partial charge in [-0.25, -0.2) is 4.79 Å². The Bertz CT molecular complexity index is 1010. The lowest BCUT2D eigenvalue weighted by Crippen LogP contribution is -2.52. The lowest BCUT2D eigenvalue weighted by atomic mass is 9.93. The summed E-state index contributed by atoms with van der Waals surface area (Å²) in [6, 6.07) is 13.1. The standard InChI is InChI=1S/C19H21N3O6S/c1-20-18(23)17-10-14-7-8-16(21-29(25,26)27)9-15(14)11-22(17)19(24)28-12-13-5-3-2-4-6-13/h2-9,17,21H,10-12H2,1H3,(H,20,23)(H,25,26,27)/t17-/m0/s1. The zero-order valence-corrected chi connectivity index (χ0v) is 16.5. The first-order chi connectivity index (χ1) is 13.8. The van der Waals surface area contributed by atoms with Gasteiger partial charge in [-0.15, -0.1) is 0 Å². The van der Waals surface area contributed by atoms with E-state index in [1.165, 1.54) is 24.1 Å². The highest BCUT2D eigenvalue weighted by molar-refractivity contribution is 7.87. The fourth-order valence-electron chi connectivity index (χ4n) is 3.19. The summed E-state index contributed by atoms with van der Waals surface area (Å²) in [5.41, 5.74) is 2.42. The normalized spacial score (nSPS) is 15.9. The van der Waals surface area contributed by atoms with Gasteiger partial charge in [0, 0.05) is 13.5 Å². The number of carbonyl (C=O) groups is 2. The number of ether oxygens (including phenoxy) is 1. The number of benzene rings is 2. The van der Waals surface area contributed by atoms with E-state index < -0.39 is 22.4 Å². The van der Waals surface area contributed by atoms with Crippen molar-refractivity contribution in [2.75, 3.05) is 11.8 Å². The van der Waals surface area contributed by atoms with Crippen LogP contribution in [0.15, 0.2) is 48.5 Å². The van der Waals surface area contributed by atoms with Gasteiger partial charge in [0.1, 0.15) is 12.6 Å². The second-order valence-corrected chi connectivity index (χ2v) is 7.72. The first-order valence-corrected chi connectivity index (χ1v) is 10.3. The molecular formula is C19H21N3O6S. The van der Waals surface area contributed by atoms with Crippen LogP contribution in [0.1, 0.15) is 16.7 Å². The van der Waals surface area contributed by atoms with E-state index >= 15 is 0 Å². The van der Waals surface area contributed by atoms with Crippen LogP contribution in [-0.2, 0) is 39.4 Å². The van der Waals surface area contributed by atoms with Crippen LogP contribution in [-0.4, -0.2) is 43.0 Å². The Balaban J connectivity index is 1.82. The molecule has 3 rings (SSSR count). The molecule has 0 spiro atoms. The smallest absolute Gasteiger partial charge is 0.411 e. The molecule has 0 radical (unpaired) electrons. The van der Waals surface area contributed by atoms with Crippen molar-refractivity contribution in [3.8, 4) is 0 Å². The van der Waals surface area contributed by atoms with Gasteiger partial charge >= 0.3 is 16.4 Å². The molecule has 1 aliphatic heterocycles. The molecule has 2 aromatic carbocycles. The van der Waals surface area contributed by atoms with Gasteiger partial charge in [0.2, 0.25) is 5.91 Å². The molecule has 29 heavy (non-hydrogen) atoms. The van der Waals surface area contributed by atoms with Crippen molar-refractivity contribution in [1.29, 1.82) is 0 Å². The zero-order valence-electron chi connectivity index (χ0n) is 15.7. The van der Waals surface area contributed by atoms with E-state index in [4.69, 9.17) is 9.29 Å². The summed E-state index contributed by atoms with van der Waals surface area (Å²) in [4.78, 5) is 26.3. The van der Waals surface area contributed by atoms with Crippen LogP contribution in [0.4, 0.5) is 10.5 Å². The molecule has 1 aliphatic rings. The summed E-state index contributed by atoms with van der Waals surface area (Å²) in [5, 5.41) is 2.55. The monoisotopic (exact) mass is 419 g/mol. The molecule has 0 unspecified atom stereocenters. The van der Waals surface area contributed by atoms with E-state index in [1.807, 2.05) is 35.1 Å². The summed E-state index contributed by atoms with van der Waals surface area (Å²) in [6.07, 6.45) is -0.400. The molecule has 0 saturated carbocycles. The van der Waals surface area contributed by atoms with Crippen molar-refractivity contribution in [1.82, 2.24) is 10.2 Å². The minimum absolute atomic E-state index is 0.0576. The summed E-state index contributed by atoms with van der Waals surface area (Å²) >= 11 is 0. The molecule has 0 bridgehead atoms. The molecule has 154 valence electrons. The minimum Gasteiger partial charge on any atom is -0.445 e. The van der Waals surface area contributed by atoms with Crippen LogP contribution in [0.3, 0.4) is 0 Å². The number of hydrogen-bond donors (Lipinski definition) is 3. The van der Waals surface area contributed by atoms with Crippen molar-refractivity contribution in [2.24, 2.45) is 0 Å². The molecule has 0 saturated heterocycles. The fraction of sp³-hybridized carbons (Fsp3) is 0.263. The molecule has 1 heterocycles. The number of anilines is 1. The number of carbonyl (C=O) groups excluding carboxylic acids is 2. The number of likely N-dealkylation sites (N-methyl/N-ethyl adjacent to an activating group) is 1. The van der Waals surface area contributed by atoms with Gasteiger partial charge in [-0.1, -0.05) is 36.4 Å². The van der Waals surface area contributed by atoms with Crippen LogP contribution < -0.4 is 10.0 Å². The zero-order chi connectivity index (χ0) is 21.0. The largest absolute Gasteiger partial charge is 0.445 e. The SMILES string of the molecule is CNC(=O)[C@@H]1Cc2ccc(NS(=O)(=O)O)cc2CN1C(=O)OCc1ccccc1.